The highest BCUT2D eigenvalue weighted by molar-refractivity contribution is 9.10. The molecule has 104 valence electrons. The van der Waals surface area contributed by atoms with Crippen molar-refractivity contribution in [3.05, 3.63) is 38.3 Å². The van der Waals surface area contributed by atoms with E-state index in [0.717, 1.165) is 35.2 Å². The normalized spacial score (nSPS) is 27.2. The summed E-state index contributed by atoms with van der Waals surface area (Å²) >= 11 is 3.42. The lowest BCUT2D eigenvalue weighted by Gasteiger charge is -2.36. The molecule has 1 fully saturated rings. The molecular formula is C14H19BrN2O2. The molecule has 1 saturated carbocycles. The SMILES string of the molecule is CC1CCC(N)(Cc2ccc([N+](=O)[O-])cc2Br)CC1. The second kappa shape index (κ2) is 5.59. The predicted octanol–water partition coefficient (Wildman–Crippen LogP) is 3.81. The highest BCUT2D eigenvalue weighted by atomic mass is 79.9. The van der Waals surface area contributed by atoms with Crippen molar-refractivity contribution in [1.29, 1.82) is 0 Å². The Bertz CT molecular complexity index is 482. The summed E-state index contributed by atoms with van der Waals surface area (Å²) in [5.41, 5.74) is 7.47. The van der Waals surface area contributed by atoms with Gasteiger partial charge in [-0.25, -0.2) is 0 Å². The van der Waals surface area contributed by atoms with Crippen molar-refractivity contribution in [3.8, 4) is 0 Å². The first-order chi connectivity index (χ1) is 8.89. The van der Waals surface area contributed by atoms with Crippen molar-refractivity contribution >= 4 is 21.6 Å². The molecule has 0 heterocycles. The van der Waals surface area contributed by atoms with Gasteiger partial charge in [-0.2, -0.15) is 0 Å². The molecule has 0 radical (unpaired) electrons. The third-order valence-electron chi connectivity index (χ3n) is 4.06. The summed E-state index contributed by atoms with van der Waals surface area (Å²) in [7, 11) is 0. The maximum absolute atomic E-state index is 10.7. The van der Waals surface area contributed by atoms with Gasteiger partial charge in [-0.05, 0) is 43.6 Å². The number of rotatable bonds is 3. The summed E-state index contributed by atoms with van der Waals surface area (Å²) in [6.07, 6.45) is 5.16. The molecular weight excluding hydrogens is 308 g/mol. The Labute approximate surface area is 121 Å². The zero-order chi connectivity index (χ0) is 14.0. The minimum absolute atomic E-state index is 0.110. The van der Waals surface area contributed by atoms with Crippen LogP contribution in [0.1, 0.15) is 38.2 Å². The fourth-order valence-corrected chi connectivity index (χ4v) is 3.19. The van der Waals surface area contributed by atoms with Gasteiger partial charge in [0.2, 0.25) is 0 Å². The zero-order valence-electron chi connectivity index (χ0n) is 11.1. The molecule has 1 aliphatic rings. The molecule has 0 unspecified atom stereocenters. The van der Waals surface area contributed by atoms with Gasteiger partial charge in [0.25, 0.3) is 5.69 Å². The van der Waals surface area contributed by atoms with Gasteiger partial charge < -0.3 is 5.73 Å². The number of hydrogen-bond acceptors (Lipinski definition) is 3. The van der Waals surface area contributed by atoms with Crippen LogP contribution >= 0.6 is 15.9 Å². The molecule has 4 nitrogen and oxygen atoms in total. The molecule has 0 spiro atoms. The third kappa shape index (κ3) is 3.54. The van der Waals surface area contributed by atoms with Gasteiger partial charge in [0, 0.05) is 22.1 Å². The molecule has 1 aliphatic carbocycles. The summed E-state index contributed by atoms with van der Waals surface area (Å²) in [4.78, 5) is 10.3. The van der Waals surface area contributed by atoms with Crippen LogP contribution in [0.15, 0.2) is 22.7 Å². The van der Waals surface area contributed by atoms with E-state index in [1.54, 1.807) is 12.1 Å². The summed E-state index contributed by atoms with van der Waals surface area (Å²) in [6.45, 7) is 2.27. The van der Waals surface area contributed by atoms with Crippen LogP contribution in [0.3, 0.4) is 0 Å². The van der Waals surface area contributed by atoms with Gasteiger partial charge in [-0.3, -0.25) is 10.1 Å². The number of non-ortho nitro benzene ring substituents is 1. The predicted molar refractivity (Wildman–Crippen MR) is 79.1 cm³/mol. The number of nitro groups is 1. The number of nitrogens with two attached hydrogens (primary N) is 1. The fourth-order valence-electron chi connectivity index (χ4n) is 2.69. The largest absolute Gasteiger partial charge is 0.325 e. The van der Waals surface area contributed by atoms with Crippen LogP contribution in [0.25, 0.3) is 0 Å². The first-order valence-corrected chi connectivity index (χ1v) is 7.41. The van der Waals surface area contributed by atoms with E-state index >= 15 is 0 Å². The maximum atomic E-state index is 10.7. The molecule has 2 rings (SSSR count). The average Bonchev–Trinajstić information content (AvgIpc) is 2.36. The quantitative estimate of drug-likeness (QED) is 0.678. The number of hydrogen-bond donors (Lipinski definition) is 1. The van der Waals surface area contributed by atoms with E-state index in [2.05, 4.69) is 22.9 Å². The number of nitrogens with zero attached hydrogens (tertiary/aromatic N) is 1. The molecule has 0 bridgehead atoms. The highest BCUT2D eigenvalue weighted by Crippen LogP contribution is 2.34. The Hall–Kier alpha value is -0.940. The zero-order valence-corrected chi connectivity index (χ0v) is 12.6. The Morgan fingerprint density at radius 1 is 1.47 bits per heavy atom. The minimum Gasteiger partial charge on any atom is -0.325 e. The first kappa shape index (κ1) is 14.5. The fraction of sp³-hybridized carbons (Fsp3) is 0.571. The van der Waals surface area contributed by atoms with E-state index in [9.17, 15) is 10.1 Å². The molecule has 0 atom stereocenters. The molecule has 2 N–H and O–H groups in total. The topological polar surface area (TPSA) is 69.2 Å². The monoisotopic (exact) mass is 326 g/mol. The van der Waals surface area contributed by atoms with Crippen molar-refractivity contribution in [2.45, 2.75) is 44.6 Å². The summed E-state index contributed by atoms with van der Waals surface area (Å²) in [6, 6.07) is 4.92. The van der Waals surface area contributed by atoms with Gasteiger partial charge >= 0.3 is 0 Å². The van der Waals surface area contributed by atoms with Crippen LogP contribution in [0.5, 0.6) is 0 Å². The second-order valence-electron chi connectivity index (χ2n) is 5.75. The number of nitro benzene ring substituents is 1. The smallest absolute Gasteiger partial charge is 0.270 e. The van der Waals surface area contributed by atoms with Crippen LogP contribution in [-0.4, -0.2) is 10.5 Å². The molecule has 0 aromatic heterocycles. The minimum atomic E-state index is -0.380. The molecule has 0 aliphatic heterocycles. The van der Waals surface area contributed by atoms with Gasteiger partial charge in [-0.15, -0.1) is 0 Å². The van der Waals surface area contributed by atoms with Gasteiger partial charge in [0.1, 0.15) is 0 Å². The van der Waals surface area contributed by atoms with Crippen LogP contribution < -0.4 is 5.73 Å². The lowest BCUT2D eigenvalue weighted by atomic mass is 9.75. The van der Waals surface area contributed by atoms with Gasteiger partial charge in [0.05, 0.1) is 4.92 Å². The molecule has 0 amide bonds. The molecule has 5 heteroatoms. The van der Waals surface area contributed by atoms with Crippen LogP contribution in [0, 0.1) is 16.0 Å². The Morgan fingerprint density at radius 3 is 2.63 bits per heavy atom. The molecule has 0 saturated heterocycles. The Balaban J connectivity index is 2.13. The molecule has 1 aromatic rings. The molecule has 19 heavy (non-hydrogen) atoms. The highest BCUT2D eigenvalue weighted by Gasteiger charge is 2.31. The summed E-state index contributed by atoms with van der Waals surface area (Å²) in [5, 5.41) is 10.7. The summed E-state index contributed by atoms with van der Waals surface area (Å²) in [5.74, 6) is 0.761. The van der Waals surface area contributed by atoms with Crippen molar-refractivity contribution in [2.75, 3.05) is 0 Å². The third-order valence-corrected chi connectivity index (χ3v) is 4.80. The lowest BCUT2D eigenvalue weighted by molar-refractivity contribution is -0.384. The average molecular weight is 327 g/mol. The number of benzene rings is 1. The standard InChI is InChI=1S/C14H19BrN2O2/c1-10-4-6-14(16,7-5-10)9-11-2-3-12(17(18)19)8-13(11)15/h2-3,8,10H,4-7,9,16H2,1H3. The van der Waals surface area contributed by atoms with Crippen molar-refractivity contribution in [3.63, 3.8) is 0 Å². The maximum Gasteiger partial charge on any atom is 0.270 e. The van der Waals surface area contributed by atoms with E-state index in [4.69, 9.17) is 5.73 Å². The van der Waals surface area contributed by atoms with Gasteiger partial charge in [0.15, 0.2) is 0 Å². The van der Waals surface area contributed by atoms with Gasteiger partial charge in [-0.1, -0.05) is 28.9 Å². The van der Waals surface area contributed by atoms with E-state index in [-0.39, 0.29) is 16.1 Å². The van der Waals surface area contributed by atoms with Crippen molar-refractivity contribution in [2.24, 2.45) is 11.7 Å². The van der Waals surface area contributed by atoms with Crippen LogP contribution in [0.4, 0.5) is 5.69 Å². The first-order valence-electron chi connectivity index (χ1n) is 6.61. The van der Waals surface area contributed by atoms with Crippen LogP contribution in [-0.2, 0) is 6.42 Å². The molecule has 1 aromatic carbocycles. The Morgan fingerprint density at radius 2 is 2.11 bits per heavy atom. The Kier molecular flexibility index (Phi) is 4.26. The lowest BCUT2D eigenvalue weighted by Crippen LogP contribution is -2.45. The van der Waals surface area contributed by atoms with E-state index in [0.29, 0.717) is 0 Å². The van der Waals surface area contributed by atoms with Crippen LogP contribution in [0.2, 0.25) is 0 Å². The van der Waals surface area contributed by atoms with Crippen molar-refractivity contribution < 1.29 is 4.92 Å². The van der Waals surface area contributed by atoms with E-state index < -0.39 is 0 Å². The van der Waals surface area contributed by atoms with Crippen molar-refractivity contribution in [1.82, 2.24) is 0 Å². The summed E-state index contributed by atoms with van der Waals surface area (Å²) < 4.78 is 0.783. The van der Waals surface area contributed by atoms with E-state index in [1.165, 1.54) is 12.8 Å². The van der Waals surface area contributed by atoms with E-state index in [1.807, 2.05) is 6.07 Å². The number of halogens is 1. The second-order valence-corrected chi connectivity index (χ2v) is 6.61.